The second-order valence-corrected chi connectivity index (χ2v) is 6.44. The third kappa shape index (κ3) is 3.20. The van der Waals surface area contributed by atoms with Gasteiger partial charge in [0.25, 0.3) is 11.6 Å². The second-order valence-electron chi connectivity index (χ2n) is 6.44. The van der Waals surface area contributed by atoms with Crippen LogP contribution in [-0.2, 0) is 13.0 Å². The lowest BCUT2D eigenvalue weighted by molar-refractivity contribution is -0.384. The Morgan fingerprint density at radius 3 is 2.75 bits per heavy atom. The number of hydrogen-bond donors (Lipinski definition) is 0. The molecule has 1 aliphatic heterocycles. The minimum atomic E-state index is -0.474. The van der Waals surface area contributed by atoms with Crippen LogP contribution in [0.15, 0.2) is 53.1 Å². The number of amides is 1. The summed E-state index contributed by atoms with van der Waals surface area (Å²) in [6.07, 6.45) is 0.799. The number of para-hydroxylation sites is 1. The molecule has 0 N–H and O–H groups in total. The fourth-order valence-corrected chi connectivity index (χ4v) is 3.23. The number of non-ortho nitro benzene ring substituents is 1. The molecule has 28 heavy (non-hydrogen) atoms. The molecule has 0 bridgehead atoms. The van der Waals surface area contributed by atoms with Crippen molar-refractivity contribution in [1.29, 1.82) is 0 Å². The van der Waals surface area contributed by atoms with Crippen LogP contribution in [0, 0.1) is 17.0 Å². The number of rotatable bonds is 5. The molecule has 4 rings (SSSR count). The number of nitro groups is 1. The van der Waals surface area contributed by atoms with Crippen LogP contribution in [0.1, 0.15) is 27.4 Å². The van der Waals surface area contributed by atoms with E-state index >= 15 is 0 Å². The number of aryl methyl sites for hydroxylation is 1. The zero-order chi connectivity index (χ0) is 19.7. The first-order valence-electron chi connectivity index (χ1n) is 8.77. The molecule has 2 heterocycles. The van der Waals surface area contributed by atoms with Crippen molar-refractivity contribution in [3.8, 4) is 5.75 Å². The predicted octanol–water partition coefficient (Wildman–Crippen LogP) is 3.67. The van der Waals surface area contributed by atoms with Gasteiger partial charge in [0.1, 0.15) is 18.1 Å². The first-order chi connectivity index (χ1) is 13.5. The van der Waals surface area contributed by atoms with Gasteiger partial charge in [-0.3, -0.25) is 14.9 Å². The number of nitrogens with zero attached hydrogens (tertiary/aromatic N) is 3. The molecule has 1 aromatic heterocycles. The molecular formula is C20H17N3O5. The highest BCUT2D eigenvalue weighted by molar-refractivity contribution is 6.06. The van der Waals surface area contributed by atoms with E-state index in [1.165, 1.54) is 24.3 Å². The van der Waals surface area contributed by atoms with Crippen LogP contribution in [0.25, 0.3) is 0 Å². The summed E-state index contributed by atoms with van der Waals surface area (Å²) < 4.78 is 10.9. The van der Waals surface area contributed by atoms with Crippen LogP contribution in [0.3, 0.4) is 0 Å². The number of hydrogen-bond acceptors (Lipinski definition) is 6. The number of nitro benzene ring substituents is 1. The van der Waals surface area contributed by atoms with E-state index in [2.05, 4.69) is 5.16 Å². The van der Waals surface area contributed by atoms with Crippen LogP contribution in [0.4, 0.5) is 11.4 Å². The Morgan fingerprint density at radius 1 is 1.25 bits per heavy atom. The quantitative estimate of drug-likeness (QED) is 0.495. The smallest absolute Gasteiger partial charge is 0.280 e. The summed E-state index contributed by atoms with van der Waals surface area (Å²) in [5.74, 6) is 0.720. The Bertz CT molecular complexity index is 1040. The fraction of sp³-hybridized carbons (Fsp3) is 0.200. The molecule has 8 heteroatoms. The topological polar surface area (TPSA) is 98.7 Å². The summed E-state index contributed by atoms with van der Waals surface area (Å²) >= 11 is 0. The van der Waals surface area contributed by atoms with Gasteiger partial charge in [0.15, 0.2) is 5.69 Å². The second kappa shape index (κ2) is 7.15. The summed E-state index contributed by atoms with van der Waals surface area (Å²) in [4.78, 5) is 25.0. The average Bonchev–Trinajstić information content (AvgIpc) is 3.30. The summed E-state index contributed by atoms with van der Waals surface area (Å²) in [5, 5.41) is 14.7. The number of fused-ring (bicyclic) bond motifs is 1. The molecular weight excluding hydrogens is 362 g/mol. The van der Waals surface area contributed by atoms with Crippen molar-refractivity contribution in [2.75, 3.05) is 11.4 Å². The number of carbonyl (C=O) groups excluding carboxylic acids is 1. The number of ether oxygens (including phenoxy) is 1. The Kier molecular flexibility index (Phi) is 4.52. The van der Waals surface area contributed by atoms with Gasteiger partial charge >= 0.3 is 0 Å². The molecule has 0 radical (unpaired) electrons. The van der Waals surface area contributed by atoms with Crippen molar-refractivity contribution in [3.05, 3.63) is 81.2 Å². The van der Waals surface area contributed by atoms with Crippen molar-refractivity contribution in [3.63, 3.8) is 0 Å². The highest BCUT2D eigenvalue weighted by Gasteiger charge is 2.30. The Labute approximate surface area is 160 Å². The van der Waals surface area contributed by atoms with E-state index in [0.717, 1.165) is 17.7 Å². The van der Waals surface area contributed by atoms with Crippen molar-refractivity contribution in [2.24, 2.45) is 0 Å². The predicted molar refractivity (Wildman–Crippen MR) is 100 cm³/mol. The minimum absolute atomic E-state index is 0.0166. The first kappa shape index (κ1) is 17.7. The summed E-state index contributed by atoms with van der Waals surface area (Å²) in [7, 11) is 0. The van der Waals surface area contributed by atoms with Crippen molar-refractivity contribution >= 4 is 17.3 Å². The molecule has 142 valence electrons. The van der Waals surface area contributed by atoms with Crippen LogP contribution in [0.5, 0.6) is 5.75 Å². The van der Waals surface area contributed by atoms with E-state index < -0.39 is 4.92 Å². The summed E-state index contributed by atoms with van der Waals surface area (Å²) in [6, 6.07) is 13.5. The van der Waals surface area contributed by atoms with Crippen molar-refractivity contribution in [2.45, 2.75) is 20.0 Å². The molecule has 0 aliphatic carbocycles. The zero-order valence-corrected chi connectivity index (χ0v) is 15.1. The minimum Gasteiger partial charge on any atom is -0.489 e. The van der Waals surface area contributed by atoms with Gasteiger partial charge in [0.2, 0.25) is 0 Å². The van der Waals surface area contributed by atoms with Gasteiger partial charge in [-0.05, 0) is 37.1 Å². The van der Waals surface area contributed by atoms with E-state index in [0.29, 0.717) is 23.6 Å². The Morgan fingerprint density at radius 2 is 2.00 bits per heavy atom. The number of anilines is 1. The van der Waals surface area contributed by atoms with E-state index in [1.807, 2.05) is 24.3 Å². The third-order valence-corrected chi connectivity index (χ3v) is 4.75. The highest BCUT2D eigenvalue weighted by Crippen LogP contribution is 2.30. The van der Waals surface area contributed by atoms with E-state index in [-0.39, 0.29) is 23.9 Å². The van der Waals surface area contributed by atoms with Gasteiger partial charge in [0, 0.05) is 24.4 Å². The van der Waals surface area contributed by atoms with Crippen molar-refractivity contribution < 1.29 is 19.0 Å². The molecule has 8 nitrogen and oxygen atoms in total. The highest BCUT2D eigenvalue weighted by atomic mass is 16.6. The number of benzene rings is 2. The molecule has 0 saturated heterocycles. The molecule has 1 aliphatic rings. The SMILES string of the molecule is Cc1onc(C(=O)N2CCc3ccccc32)c1COc1ccc([N+](=O)[O-])cc1. The van der Waals surface area contributed by atoms with Gasteiger partial charge in [-0.1, -0.05) is 23.4 Å². The molecule has 0 atom stereocenters. The summed E-state index contributed by atoms with van der Waals surface area (Å²) in [6.45, 7) is 2.38. The maximum Gasteiger partial charge on any atom is 0.280 e. The lowest BCUT2D eigenvalue weighted by Crippen LogP contribution is -2.30. The Balaban J connectivity index is 1.53. The number of carbonyl (C=O) groups is 1. The van der Waals surface area contributed by atoms with Gasteiger partial charge < -0.3 is 14.2 Å². The Hall–Kier alpha value is -3.68. The average molecular weight is 379 g/mol. The van der Waals surface area contributed by atoms with E-state index in [4.69, 9.17) is 9.26 Å². The molecule has 2 aromatic carbocycles. The van der Waals surface area contributed by atoms with E-state index in [9.17, 15) is 14.9 Å². The maximum atomic E-state index is 13.0. The van der Waals surface area contributed by atoms with Gasteiger partial charge in [-0.15, -0.1) is 0 Å². The molecule has 3 aromatic rings. The normalized spacial score (nSPS) is 12.7. The molecule has 0 spiro atoms. The molecule has 0 unspecified atom stereocenters. The van der Waals surface area contributed by atoms with Crippen LogP contribution >= 0.6 is 0 Å². The molecule has 1 amide bonds. The van der Waals surface area contributed by atoms with Crippen LogP contribution in [0.2, 0.25) is 0 Å². The largest absolute Gasteiger partial charge is 0.489 e. The third-order valence-electron chi connectivity index (χ3n) is 4.75. The van der Waals surface area contributed by atoms with Crippen LogP contribution in [-0.4, -0.2) is 22.5 Å². The fourth-order valence-electron chi connectivity index (χ4n) is 3.23. The van der Waals surface area contributed by atoms with Gasteiger partial charge in [0.05, 0.1) is 10.5 Å². The number of aromatic nitrogens is 1. The van der Waals surface area contributed by atoms with Gasteiger partial charge in [-0.2, -0.15) is 0 Å². The first-order valence-corrected chi connectivity index (χ1v) is 8.77. The van der Waals surface area contributed by atoms with Crippen LogP contribution < -0.4 is 9.64 Å². The summed E-state index contributed by atoms with van der Waals surface area (Å²) in [5.41, 5.74) is 2.77. The zero-order valence-electron chi connectivity index (χ0n) is 15.1. The maximum absolute atomic E-state index is 13.0. The lowest BCUT2D eigenvalue weighted by atomic mass is 10.1. The standard InChI is InChI=1S/C20H17N3O5/c1-13-17(12-27-16-8-6-15(7-9-16)23(25)26)19(21-28-13)20(24)22-11-10-14-4-2-3-5-18(14)22/h2-9H,10-12H2,1H3. The van der Waals surface area contributed by atoms with E-state index in [1.54, 1.807) is 11.8 Å². The molecule has 0 fully saturated rings. The monoisotopic (exact) mass is 379 g/mol. The molecule has 0 saturated carbocycles. The van der Waals surface area contributed by atoms with Crippen molar-refractivity contribution in [1.82, 2.24) is 5.16 Å². The lowest BCUT2D eigenvalue weighted by Gasteiger charge is -2.16. The van der Waals surface area contributed by atoms with Gasteiger partial charge in [-0.25, -0.2) is 0 Å².